The van der Waals surface area contributed by atoms with Crippen molar-refractivity contribution in [2.75, 3.05) is 25.9 Å². The molecule has 0 saturated heterocycles. The maximum Gasteiger partial charge on any atom is 0.243 e. The van der Waals surface area contributed by atoms with Crippen LogP contribution in [-0.4, -0.2) is 38.8 Å². The van der Waals surface area contributed by atoms with E-state index in [9.17, 15) is 17.6 Å². The number of likely N-dealkylation sites (N-methyl/N-ethyl adjacent to an activating group) is 1. The lowest BCUT2D eigenvalue weighted by molar-refractivity contribution is -0.120. The van der Waals surface area contributed by atoms with Gasteiger partial charge in [-0.15, -0.1) is 0 Å². The first-order chi connectivity index (χ1) is 9.73. The number of nitrogens with two attached hydrogens (primary N) is 1. The highest BCUT2D eigenvalue weighted by atomic mass is 32.2. The number of hydrogen-bond acceptors (Lipinski definition) is 4. The average Bonchev–Trinajstić information content (AvgIpc) is 2.41. The third-order valence-corrected chi connectivity index (χ3v) is 4.98. The Bertz CT molecular complexity index is 632. The summed E-state index contributed by atoms with van der Waals surface area (Å²) in [5.74, 6) is -1.13. The minimum absolute atomic E-state index is 0.0118. The highest BCUT2D eigenvalue weighted by molar-refractivity contribution is 7.89. The largest absolute Gasteiger partial charge is 0.399 e. The molecule has 0 saturated carbocycles. The molecule has 1 aromatic carbocycles. The fourth-order valence-corrected chi connectivity index (χ4v) is 3.61. The quantitative estimate of drug-likeness (QED) is 0.761. The van der Waals surface area contributed by atoms with Crippen molar-refractivity contribution in [2.24, 2.45) is 0 Å². The number of carbonyl (C=O) groups excluding carboxylic acids is 1. The average molecular weight is 317 g/mol. The smallest absolute Gasteiger partial charge is 0.243 e. The molecule has 0 heterocycles. The standard InChI is InChI=1S/C13H20FN3O3S/c1-4-5-17(8-13(18)16-3)21(19,20)12-7-10(15)6-11(14)9(12)2/h6-7H,4-5,8,15H2,1-3H3,(H,16,18). The lowest BCUT2D eigenvalue weighted by Gasteiger charge is -2.22. The van der Waals surface area contributed by atoms with Crippen molar-refractivity contribution in [3.8, 4) is 0 Å². The molecule has 0 aliphatic rings. The van der Waals surface area contributed by atoms with E-state index in [2.05, 4.69) is 5.32 Å². The molecule has 0 spiro atoms. The summed E-state index contributed by atoms with van der Waals surface area (Å²) in [4.78, 5) is 11.3. The molecule has 8 heteroatoms. The second-order valence-corrected chi connectivity index (χ2v) is 6.54. The zero-order valence-electron chi connectivity index (χ0n) is 12.3. The van der Waals surface area contributed by atoms with Crippen LogP contribution in [0.15, 0.2) is 17.0 Å². The molecule has 0 bridgehead atoms. The van der Waals surface area contributed by atoms with Gasteiger partial charge in [-0.1, -0.05) is 6.92 Å². The van der Waals surface area contributed by atoms with Gasteiger partial charge in [0.25, 0.3) is 0 Å². The summed E-state index contributed by atoms with van der Waals surface area (Å²) in [6.07, 6.45) is 0.528. The summed E-state index contributed by atoms with van der Waals surface area (Å²) < 4.78 is 40.0. The topological polar surface area (TPSA) is 92.5 Å². The summed E-state index contributed by atoms with van der Waals surface area (Å²) in [5.41, 5.74) is 5.53. The number of benzene rings is 1. The Morgan fingerprint density at radius 3 is 2.57 bits per heavy atom. The SMILES string of the molecule is CCCN(CC(=O)NC)S(=O)(=O)c1cc(N)cc(F)c1C. The van der Waals surface area contributed by atoms with Gasteiger partial charge in [-0.3, -0.25) is 4.79 Å². The van der Waals surface area contributed by atoms with Crippen molar-refractivity contribution in [3.05, 3.63) is 23.5 Å². The lowest BCUT2D eigenvalue weighted by Crippen LogP contribution is -2.40. The Kier molecular flexibility index (Phi) is 5.68. The molecule has 1 rings (SSSR count). The van der Waals surface area contributed by atoms with Crippen molar-refractivity contribution in [2.45, 2.75) is 25.2 Å². The van der Waals surface area contributed by atoms with Crippen LogP contribution in [0.25, 0.3) is 0 Å². The monoisotopic (exact) mass is 317 g/mol. The van der Waals surface area contributed by atoms with Crippen LogP contribution in [0.2, 0.25) is 0 Å². The molecule has 0 aromatic heterocycles. The predicted octanol–water partition coefficient (Wildman–Crippen LogP) is 0.863. The summed E-state index contributed by atoms with van der Waals surface area (Å²) in [5, 5.41) is 2.37. The minimum Gasteiger partial charge on any atom is -0.399 e. The van der Waals surface area contributed by atoms with Gasteiger partial charge >= 0.3 is 0 Å². The van der Waals surface area contributed by atoms with Gasteiger partial charge in [0.1, 0.15) is 5.82 Å². The molecule has 1 amide bonds. The third kappa shape index (κ3) is 3.92. The van der Waals surface area contributed by atoms with Gasteiger partial charge in [-0.25, -0.2) is 12.8 Å². The molecule has 118 valence electrons. The number of halogens is 1. The van der Waals surface area contributed by atoms with Crippen LogP contribution < -0.4 is 11.1 Å². The van der Waals surface area contributed by atoms with Crippen molar-refractivity contribution < 1.29 is 17.6 Å². The summed E-state index contributed by atoms with van der Waals surface area (Å²) in [7, 11) is -2.57. The molecular formula is C13H20FN3O3S. The number of hydrogen-bond donors (Lipinski definition) is 2. The van der Waals surface area contributed by atoms with E-state index < -0.39 is 21.7 Å². The summed E-state index contributed by atoms with van der Waals surface area (Å²) in [6.45, 7) is 3.00. The number of carbonyl (C=O) groups is 1. The Hall–Kier alpha value is -1.67. The fraction of sp³-hybridized carbons (Fsp3) is 0.462. The molecule has 1 aromatic rings. The first-order valence-corrected chi connectivity index (χ1v) is 7.94. The van der Waals surface area contributed by atoms with Crippen molar-refractivity contribution in [1.29, 1.82) is 0 Å². The Morgan fingerprint density at radius 1 is 1.43 bits per heavy atom. The summed E-state index contributed by atoms with van der Waals surface area (Å²) >= 11 is 0. The van der Waals surface area contributed by atoms with Crippen LogP contribution in [0.5, 0.6) is 0 Å². The second kappa shape index (κ2) is 6.86. The lowest BCUT2D eigenvalue weighted by atomic mass is 10.2. The van der Waals surface area contributed by atoms with Gasteiger partial charge in [0, 0.05) is 24.8 Å². The molecule has 0 fully saturated rings. The van der Waals surface area contributed by atoms with Crippen LogP contribution >= 0.6 is 0 Å². The molecular weight excluding hydrogens is 297 g/mol. The molecule has 0 aliphatic carbocycles. The van der Waals surface area contributed by atoms with Crippen molar-refractivity contribution >= 4 is 21.6 Å². The maximum absolute atomic E-state index is 13.7. The number of nitrogens with one attached hydrogen (secondary N) is 1. The van der Waals surface area contributed by atoms with Gasteiger partial charge in [-0.05, 0) is 25.5 Å². The summed E-state index contributed by atoms with van der Waals surface area (Å²) in [6, 6.07) is 2.28. The van der Waals surface area contributed by atoms with Crippen LogP contribution in [-0.2, 0) is 14.8 Å². The second-order valence-electron chi connectivity index (χ2n) is 4.64. The van der Waals surface area contributed by atoms with Crippen LogP contribution in [0.4, 0.5) is 10.1 Å². The molecule has 0 aliphatic heterocycles. The van der Waals surface area contributed by atoms with Crippen LogP contribution in [0, 0.1) is 12.7 Å². The highest BCUT2D eigenvalue weighted by Gasteiger charge is 2.28. The van der Waals surface area contributed by atoms with Crippen LogP contribution in [0.3, 0.4) is 0 Å². The molecule has 0 unspecified atom stereocenters. The van der Waals surface area contributed by atoms with Gasteiger partial charge in [0.2, 0.25) is 15.9 Å². The van der Waals surface area contributed by atoms with E-state index in [0.29, 0.717) is 6.42 Å². The van der Waals surface area contributed by atoms with Gasteiger partial charge < -0.3 is 11.1 Å². The van der Waals surface area contributed by atoms with Gasteiger partial charge in [0.05, 0.1) is 11.4 Å². The minimum atomic E-state index is -3.99. The molecule has 0 radical (unpaired) electrons. The first-order valence-electron chi connectivity index (χ1n) is 6.50. The van der Waals surface area contributed by atoms with E-state index in [-0.39, 0.29) is 29.2 Å². The number of amides is 1. The molecule has 6 nitrogen and oxygen atoms in total. The van der Waals surface area contributed by atoms with Crippen molar-refractivity contribution in [3.63, 3.8) is 0 Å². The van der Waals surface area contributed by atoms with Gasteiger partial charge in [0.15, 0.2) is 0 Å². The Labute approximate surface area is 124 Å². The predicted molar refractivity (Wildman–Crippen MR) is 78.7 cm³/mol. The third-order valence-electron chi connectivity index (χ3n) is 3.01. The van der Waals surface area contributed by atoms with E-state index in [0.717, 1.165) is 10.4 Å². The zero-order valence-corrected chi connectivity index (χ0v) is 13.1. The van der Waals surface area contributed by atoms with E-state index in [4.69, 9.17) is 5.73 Å². The Balaban J connectivity index is 3.32. The zero-order chi connectivity index (χ0) is 16.2. The van der Waals surface area contributed by atoms with Gasteiger partial charge in [-0.2, -0.15) is 4.31 Å². The number of nitrogens with zero attached hydrogens (tertiary/aromatic N) is 1. The Morgan fingerprint density at radius 2 is 2.05 bits per heavy atom. The number of rotatable bonds is 6. The fourth-order valence-electron chi connectivity index (χ4n) is 1.85. The highest BCUT2D eigenvalue weighted by Crippen LogP contribution is 2.25. The maximum atomic E-state index is 13.7. The van der Waals surface area contributed by atoms with E-state index >= 15 is 0 Å². The molecule has 0 atom stereocenters. The number of nitrogen functional groups attached to an aromatic ring is 1. The van der Waals surface area contributed by atoms with Crippen molar-refractivity contribution in [1.82, 2.24) is 9.62 Å². The number of sulfonamides is 1. The first kappa shape index (κ1) is 17.4. The van der Waals surface area contributed by atoms with E-state index in [1.165, 1.54) is 20.0 Å². The normalized spacial score (nSPS) is 11.7. The molecule has 21 heavy (non-hydrogen) atoms. The van der Waals surface area contributed by atoms with E-state index in [1.54, 1.807) is 6.92 Å². The number of anilines is 1. The van der Waals surface area contributed by atoms with Crippen LogP contribution in [0.1, 0.15) is 18.9 Å². The molecule has 3 N–H and O–H groups in total. The van der Waals surface area contributed by atoms with E-state index in [1.807, 2.05) is 0 Å².